The average molecular weight is 771 g/mol. The molecule has 15 heteroatoms. The van der Waals surface area contributed by atoms with Crippen molar-refractivity contribution in [2.24, 2.45) is 5.92 Å². The molecule has 15 nitrogen and oxygen atoms in total. The number of nitrogens with one attached hydrogen (secondary N) is 1. The van der Waals surface area contributed by atoms with E-state index >= 15 is 0 Å². The van der Waals surface area contributed by atoms with Crippen LogP contribution in [-0.2, 0) is 24.0 Å². The van der Waals surface area contributed by atoms with Crippen LogP contribution in [0.25, 0.3) is 10.9 Å². The number of likely N-dealkylation sites (N-methyl/N-ethyl adjacent to an activating group) is 1. The molecule has 1 saturated heterocycles. The summed E-state index contributed by atoms with van der Waals surface area (Å²) in [4.78, 5) is 73.1. The lowest BCUT2D eigenvalue weighted by Gasteiger charge is -2.32. The number of nitrogens with zero attached hydrogens (tertiary/aromatic N) is 3. The van der Waals surface area contributed by atoms with Crippen LogP contribution < -0.4 is 10.3 Å². The van der Waals surface area contributed by atoms with Gasteiger partial charge in [0.1, 0.15) is 5.75 Å². The largest absolute Gasteiger partial charge is 0.494 e. The molecular weight excluding hydrogens is 712 g/mol. The number of carbonyl (C=O) groups excluding carboxylic acids is 1. The molecule has 2 heterocycles. The van der Waals surface area contributed by atoms with Gasteiger partial charge in [-0.15, -0.1) is 0 Å². The Morgan fingerprint density at radius 1 is 0.782 bits per heavy atom. The summed E-state index contributed by atoms with van der Waals surface area (Å²) in [5, 5.41) is 32.2. The number of aromatic amines is 1. The highest BCUT2D eigenvalue weighted by molar-refractivity contribution is 5.90. The number of hydrogen-bond donors (Lipinski definition) is 5. The van der Waals surface area contributed by atoms with Crippen LogP contribution in [0.1, 0.15) is 77.0 Å². The lowest BCUT2D eigenvalue weighted by Crippen LogP contribution is -2.44. The number of benzene rings is 1. The van der Waals surface area contributed by atoms with E-state index in [1.54, 1.807) is 0 Å². The minimum atomic E-state index is -1.26. The van der Waals surface area contributed by atoms with Crippen LogP contribution in [0, 0.1) is 5.92 Å². The number of aromatic nitrogens is 1. The number of pyridine rings is 1. The van der Waals surface area contributed by atoms with Crippen LogP contribution in [0.3, 0.4) is 0 Å². The molecule has 304 valence electrons. The Balaban J connectivity index is 0.000000546. The van der Waals surface area contributed by atoms with Crippen LogP contribution in [-0.4, -0.2) is 129 Å². The Kier molecular flexibility index (Phi) is 21.7. The van der Waals surface area contributed by atoms with Crippen LogP contribution >= 0.6 is 0 Å². The van der Waals surface area contributed by atoms with Gasteiger partial charge in [0, 0.05) is 79.9 Å². The monoisotopic (exact) mass is 770 g/mol. The standard InChI is InChI=1S/C32H50N4O3.2C4H4O4/c1-34(2)25-28-13-10-19-35(28)20-21-36(24-26-11-6-4-3-5-7-12-26)32(38)14-8-9-22-39-29-16-17-30-27(23-29)15-18-31(37)33-30;2*5-3(6)1-2-4(7)8/h15-18,23,26,28H,3-14,19-22,24-25H2,1-2H3,(H,33,37);2*1-2H,(H,5,6)(H,7,8)/b;2*2-1+/t28-;;/m1../s1. The van der Waals surface area contributed by atoms with E-state index in [0.717, 1.165) is 62.2 Å². The van der Waals surface area contributed by atoms with Crippen molar-refractivity contribution in [1.82, 2.24) is 19.7 Å². The molecule has 1 amide bonds. The second kappa shape index (κ2) is 25.9. The molecular formula is C40H58N4O11. The zero-order valence-electron chi connectivity index (χ0n) is 32.1. The van der Waals surface area contributed by atoms with Gasteiger partial charge in [0.05, 0.1) is 6.61 Å². The summed E-state index contributed by atoms with van der Waals surface area (Å²) in [6.07, 6.45) is 16.3. The first-order valence-electron chi connectivity index (χ1n) is 18.9. The number of unbranched alkanes of at least 4 members (excludes halogenated alkanes) is 1. The molecule has 55 heavy (non-hydrogen) atoms. The Morgan fingerprint density at radius 2 is 1.38 bits per heavy atom. The first-order valence-corrected chi connectivity index (χ1v) is 18.9. The van der Waals surface area contributed by atoms with Gasteiger partial charge < -0.3 is 39.9 Å². The number of carboxylic acid groups (broad SMARTS) is 4. The molecule has 0 spiro atoms. The van der Waals surface area contributed by atoms with Gasteiger partial charge in [-0.1, -0.05) is 32.1 Å². The van der Waals surface area contributed by atoms with E-state index in [9.17, 15) is 28.8 Å². The second-order valence-corrected chi connectivity index (χ2v) is 14.0. The minimum Gasteiger partial charge on any atom is -0.494 e. The molecule has 1 aliphatic heterocycles. The molecule has 0 radical (unpaired) electrons. The van der Waals surface area contributed by atoms with Crippen molar-refractivity contribution in [2.75, 3.05) is 53.4 Å². The maximum Gasteiger partial charge on any atom is 0.328 e. The molecule has 2 fully saturated rings. The molecule has 5 N–H and O–H groups in total. The van der Waals surface area contributed by atoms with Crippen LogP contribution in [0.5, 0.6) is 5.75 Å². The van der Waals surface area contributed by atoms with Gasteiger partial charge in [-0.2, -0.15) is 0 Å². The number of rotatable bonds is 17. The van der Waals surface area contributed by atoms with Crippen molar-refractivity contribution in [2.45, 2.75) is 83.1 Å². The van der Waals surface area contributed by atoms with Gasteiger partial charge in [0.2, 0.25) is 11.5 Å². The summed E-state index contributed by atoms with van der Waals surface area (Å²) in [5.74, 6) is -3.27. The normalized spacial score (nSPS) is 16.5. The second-order valence-electron chi connectivity index (χ2n) is 14.0. The molecule has 4 rings (SSSR count). The summed E-state index contributed by atoms with van der Waals surface area (Å²) in [6, 6.07) is 9.69. The predicted octanol–water partition coefficient (Wildman–Crippen LogP) is 4.72. The van der Waals surface area contributed by atoms with Crippen LogP contribution in [0.2, 0.25) is 0 Å². The minimum absolute atomic E-state index is 0.0989. The highest BCUT2D eigenvalue weighted by Crippen LogP contribution is 2.24. The fraction of sp³-hybridized carbons (Fsp3) is 0.550. The number of ether oxygens (including phenoxy) is 1. The molecule has 1 atom stereocenters. The maximum atomic E-state index is 13.5. The zero-order valence-corrected chi connectivity index (χ0v) is 32.1. The van der Waals surface area contributed by atoms with Gasteiger partial charge in [-0.25, -0.2) is 19.2 Å². The van der Waals surface area contributed by atoms with Crippen molar-refractivity contribution >= 4 is 40.7 Å². The van der Waals surface area contributed by atoms with Gasteiger partial charge in [-0.05, 0) is 89.3 Å². The zero-order chi connectivity index (χ0) is 40.6. The van der Waals surface area contributed by atoms with E-state index in [1.807, 2.05) is 24.3 Å². The molecule has 1 aromatic carbocycles. The fourth-order valence-electron chi connectivity index (χ4n) is 6.65. The lowest BCUT2D eigenvalue weighted by molar-refractivity contribution is -0.134. The highest BCUT2D eigenvalue weighted by Gasteiger charge is 2.26. The summed E-state index contributed by atoms with van der Waals surface area (Å²) < 4.78 is 5.96. The van der Waals surface area contributed by atoms with E-state index in [0.29, 0.717) is 55.2 Å². The van der Waals surface area contributed by atoms with Gasteiger partial charge in [0.25, 0.3) is 0 Å². The molecule has 1 aromatic heterocycles. The third-order valence-electron chi connectivity index (χ3n) is 9.27. The first kappa shape index (κ1) is 46.1. The van der Waals surface area contributed by atoms with Crippen LogP contribution in [0.4, 0.5) is 0 Å². The number of H-pyrrole nitrogens is 1. The van der Waals surface area contributed by atoms with Gasteiger partial charge in [-0.3, -0.25) is 14.5 Å². The summed E-state index contributed by atoms with van der Waals surface area (Å²) >= 11 is 0. The third kappa shape index (κ3) is 20.9. The van der Waals surface area contributed by atoms with E-state index in [-0.39, 0.29) is 5.56 Å². The molecule has 2 aliphatic rings. The maximum absolute atomic E-state index is 13.5. The topological polar surface area (TPSA) is 218 Å². The SMILES string of the molecule is CN(C)C[C@H]1CCCN1CCN(CC1CCCCCCC1)C(=O)CCCCOc1ccc2[nH]c(=O)ccc2c1.O=C(O)/C=C/C(=O)O.O=C(O)/C=C/C(=O)O. The molecule has 1 aliphatic carbocycles. The van der Waals surface area contributed by atoms with E-state index in [1.165, 1.54) is 63.9 Å². The summed E-state index contributed by atoms with van der Waals surface area (Å²) in [5.41, 5.74) is 0.713. The number of hydrogen-bond acceptors (Lipinski definition) is 9. The van der Waals surface area contributed by atoms with Crippen molar-refractivity contribution in [3.8, 4) is 5.75 Å². The van der Waals surface area contributed by atoms with Gasteiger partial charge >= 0.3 is 23.9 Å². The predicted molar refractivity (Wildman–Crippen MR) is 208 cm³/mol. The fourth-order valence-corrected chi connectivity index (χ4v) is 6.65. The number of likely N-dealkylation sites (tertiary alicyclic amines) is 1. The smallest absolute Gasteiger partial charge is 0.328 e. The number of aliphatic carboxylic acids is 4. The Hall–Kier alpha value is -5.02. The molecule has 1 saturated carbocycles. The first-order chi connectivity index (χ1) is 26.2. The highest BCUT2D eigenvalue weighted by atomic mass is 16.5. The Bertz CT molecular complexity index is 1560. The van der Waals surface area contributed by atoms with Crippen molar-refractivity contribution in [1.29, 1.82) is 0 Å². The number of carbonyl (C=O) groups is 5. The van der Waals surface area contributed by atoms with Crippen molar-refractivity contribution in [3.05, 3.63) is 65.0 Å². The van der Waals surface area contributed by atoms with E-state index < -0.39 is 23.9 Å². The van der Waals surface area contributed by atoms with Gasteiger partial charge in [0.15, 0.2) is 0 Å². The van der Waals surface area contributed by atoms with Crippen LogP contribution in [0.15, 0.2) is 59.4 Å². The molecule has 2 aromatic rings. The number of fused-ring (bicyclic) bond motifs is 1. The average Bonchev–Trinajstić information content (AvgIpc) is 3.55. The molecule has 0 unspecified atom stereocenters. The Labute approximate surface area is 322 Å². The van der Waals surface area contributed by atoms with E-state index in [2.05, 4.69) is 33.8 Å². The molecule has 0 bridgehead atoms. The van der Waals surface area contributed by atoms with Crippen molar-refractivity contribution < 1.29 is 49.1 Å². The quantitative estimate of drug-likeness (QED) is 0.109. The Morgan fingerprint density at radius 3 is 1.96 bits per heavy atom. The number of carboxylic acids is 4. The van der Waals surface area contributed by atoms with Crippen molar-refractivity contribution in [3.63, 3.8) is 0 Å². The number of amides is 1. The summed E-state index contributed by atoms with van der Waals surface area (Å²) in [6.45, 7) is 5.63. The van der Waals surface area contributed by atoms with E-state index in [4.69, 9.17) is 25.2 Å². The third-order valence-corrected chi connectivity index (χ3v) is 9.27. The lowest BCUT2D eigenvalue weighted by atomic mass is 9.90. The summed E-state index contributed by atoms with van der Waals surface area (Å²) in [7, 11) is 4.32.